The summed E-state index contributed by atoms with van der Waals surface area (Å²) in [7, 11) is 0. The molecule has 1 N–H and O–H groups in total. The fraction of sp³-hybridized carbons (Fsp3) is 0.538. The lowest BCUT2D eigenvalue weighted by Crippen LogP contribution is -2.12. The Morgan fingerprint density at radius 3 is 2.73 bits per heavy atom. The van der Waals surface area contributed by atoms with E-state index < -0.39 is 0 Å². The minimum absolute atomic E-state index is 0.358. The van der Waals surface area contributed by atoms with E-state index in [-0.39, 0.29) is 5.60 Å². The van der Waals surface area contributed by atoms with E-state index in [0.717, 1.165) is 31.0 Å². The van der Waals surface area contributed by atoms with Crippen molar-refractivity contribution in [1.82, 2.24) is 0 Å². The molecule has 0 bridgehead atoms. The highest BCUT2D eigenvalue weighted by atomic mass is 79.9. The molecular weight excluding hydrogens is 252 g/mol. The second-order valence-corrected chi connectivity index (χ2v) is 5.28. The van der Waals surface area contributed by atoms with E-state index in [1.807, 2.05) is 6.07 Å². The number of hydrogen-bond acceptors (Lipinski definition) is 1. The van der Waals surface area contributed by atoms with Gasteiger partial charge in [0.25, 0.3) is 0 Å². The van der Waals surface area contributed by atoms with Gasteiger partial charge in [0.1, 0.15) is 0 Å². The van der Waals surface area contributed by atoms with Crippen molar-refractivity contribution in [3.05, 3.63) is 35.9 Å². The summed E-state index contributed by atoms with van der Waals surface area (Å²) < 4.78 is 0. The van der Waals surface area contributed by atoms with Crippen LogP contribution in [0.15, 0.2) is 30.3 Å². The van der Waals surface area contributed by atoms with E-state index >= 15 is 0 Å². The van der Waals surface area contributed by atoms with Gasteiger partial charge in [0.15, 0.2) is 0 Å². The van der Waals surface area contributed by atoms with Crippen molar-refractivity contribution >= 4 is 15.9 Å². The molecule has 1 fully saturated rings. The Kier molecular flexibility index (Phi) is 3.47. The van der Waals surface area contributed by atoms with E-state index in [4.69, 9.17) is 0 Å². The van der Waals surface area contributed by atoms with E-state index in [1.165, 1.54) is 5.56 Å². The summed E-state index contributed by atoms with van der Waals surface area (Å²) in [6, 6.07) is 10.4. The quantitative estimate of drug-likeness (QED) is 0.814. The average molecular weight is 269 g/mol. The highest BCUT2D eigenvalue weighted by molar-refractivity contribution is 9.09. The lowest BCUT2D eigenvalue weighted by molar-refractivity contribution is 0.120. The van der Waals surface area contributed by atoms with Crippen LogP contribution in [-0.4, -0.2) is 16.0 Å². The third kappa shape index (κ3) is 2.82. The van der Waals surface area contributed by atoms with Crippen LogP contribution >= 0.6 is 15.9 Å². The van der Waals surface area contributed by atoms with Gasteiger partial charge in [-0.2, -0.15) is 0 Å². The highest BCUT2D eigenvalue weighted by Gasteiger charge is 2.51. The van der Waals surface area contributed by atoms with Gasteiger partial charge in [-0.1, -0.05) is 46.3 Å². The Balaban J connectivity index is 1.84. The second-order valence-electron chi connectivity index (χ2n) is 4.49. The molecule has 15 heavy (non-hydrogen) atoms. The molecule has 0 aromatic heterocycles. The molecule has 1 aromatic rings. The number of benzene rings is 1. The summed E-state index contributed by atoms with van der Waals surface area (Å²) in [5.74, 6) is 0.485. The van der Waals surface area contributed by atoms with Crippen LogP contribution in [0.5, 0.6) is 0 Å². The predicted molar refractivity (Wildman–Crippen MR) is 66.2 cm³/mol. The topological polar surface area (TPSA) is 20.2 Å². The molecule has 0 unspecified atom stereocenters. The summed E-state index contributed by atoms with van der Waals surface area (Å²) in [5.41, 5.74) is 0.987. The van der Waals surface area contributed by atoms with E-state index in [1.54, 1.807) is 0 Å². The van der Waals surface area contributed by atoms with Crippen LogP contribution in [0.4, 0.5) is 0 Å². The van der Waals surface area contributed by atoms with Crippen LogP contribution in [0, 0.1) is 5.92 Å². The van der Waals surface area contributed by atoms with Gasteiger partial charge in [0.2, 0.25) is 0 Å². The lowest BCUT2D eigenvalue weighted by atomic mass is 10.0. The maximum Gasteiger partial charge on any atom is 0.0684 e. The van der Waals surface area contributed by atoms with Crippen molar-refractivity contribution in [2.24, 2.45) is 5.92 Å². The molecule has 0 saturated heterocycles. The number of rotatable bonds is 5. The SMILES string of the molecule is O[C@]1(CCCBr)C[C@H]1Cc1ccccc1. The molecule has 0 radical (unpaired) electrons. The third-order valence-electron chi connectivity index (χ3n) is 3.27. The third-order valence-corrected chi connectivity index (χ3v) is 3.83. The Bertz CT molecular complexity index is 312. The minimum Gasteiger partial charge on any atom is -0.390 e. The van der Waals surface area contributed by atoms with Crippen molar-refractivity contribution in [1.29, 1.82) is 0 Å². The predicted octanol–water partition coefficient (Wildman–Crippen LogP) is 3.16. The average Bonchev–Trinajstić information content (AvgIpc) is 2.88. The molecule has 0 amide bonds. The Hall–Kier alpha value is -0.340. The molecule has 0 spiro atoms. The monoisotopic (exact) mass is 268 g/mol. The van der Waals surface area contributed by atoms with Gasteiger partial charge in [-0.25, -0.2) is 0 Å². The first kappa shape index (κ1) is 11.2. The normalized spacial score (nSPS) is 29.1. The molecule has 1 aliphatic carbocycles. The number of halogens is 1. The van der Waals surface area contributed by atoms with Crippen LogP contribution in [0.3, 0.4) is 0 Å². The first-order valence-corrected chi connectivity index (χ1v) is 6.69. The maximum atomic E-state index is 10.2. The van der Waals surface area contributed by atoms with Gasteiger partial charge in [-0.3, -0.25) is 0 Å². The zero-order chi connectivity index (χ0) is 10.7. The number of hydrogen-bond donors (Lipinski definition) is 1. The maximum absolute atomic E-state index is 10.2. The van der Waals surface area contributed by atoms with E-state index in [2.05, 4.69) is 40.2 Å². The summed E-state index contributed by atoms with van der Waals surface area (Å²) in [6.45, 7) is 0. The Morgan fingerprint density at radius 1 is 1.33 bits per heavy atom. The van der Waals surface area contributed by atoms with Gasteiger partial charge >= 0.3 is 0 Å². The molecule has 1 aliphatic rings. The van der Waals surface area contributed by atoms with E-state index in [9.17, 15) is 5.11 Å². The zero-order valence-electron chi connectivity index (χ0n) is 8.82. The van der Waals surface area contributed by atoms with Crippen molar-refractivity contribution in [2.75, 3.05) is 5.33 Å². The molecule has 1 nitrogen and oxygen atoms in total. The molecule has 0 aliphatic heterocycles. The Labute approximate surface area is 99.6 Å². The van der Waals surface area contributed by atoms with Gasteiger partial charge in [-0.05, 0) is 37.2 Å². The van der Waals surface area contributed by atoms with Crippen molar-refractivity contribution in [2.45, 2.75) is 31.3 Å². The van der Waals surface area contributed by atoms with Crippen molar-refractivity contribution in [3.63, 3.8) is 0 Å². The minimum atomic E-state index is -0.358. The second kappa shape index (κ2) is 4.67. The number of aliphatic hydroxyl groups is 1. The molecule has 1 aromatic carbocycles. The molecule has 2 heteroatoms. The van der Waals surface area contributed by atoms with Crippen LogP contribution < -0.4 is 0 Å². The van der Waals surface area contributed by atoms with Crippen LogP contribution in [0.1, 0.15) is 24.8 Å². The van der Waals surface area contributed by atoms with Crippen LogP contribution in [0.25, 0.3) is 0 Å². The number of alkyl halides is 1. The molecule has 0 heterocycles. The van der Waals surface area contributed by atoms with Crippen LogP contribution in [0.2, 0.25) is 0 Å². The summed E-state index contributed by atoms with van der Waals surface area (Å²) in [5, 5.41) is 11.2. The van der Waals surface area contributed by atoms with Gasteiger partial charge in [0, 0.05) is 5.33 Å². The van der Waals surface area contributed by atoms with Gasteiger partial charge < -0.3 is 5.11 Å². The first-order chi connectivity index (χ1) is 7.24. The molecule has 1 saturated carbocycles. The molecular formula is C13H17BrO. The first-order valence-electron chi connectivity index (χ1n) is 5.57. The lowest BCUT2D eigenvalue weighted by Gasteiger charge is -2.09. The smallest absolute Gasteiger partial charge is 0.0684 e. The Morgan fingerprint density at radius 2 is 2.07 bits per heavy atom. The van der Waals surface area contributed by atoms with Crippen LogP contribution in [-0.2, 0) is 6.42 Å². The molecule has 2 rings (SSSR count). The van der Waals surface area contributed by atoms with Gasteiger partial charge in [-0.15, -0.1) is 0 Å². The van der Waals surface area contributed by atoms with E-state index in [0.29, 0.717) is 5.92 Å². The zero-order valence-corrected chi connectivity index (χ0v) is 10.4. The molecule has 82 valence electrons. The largest absolute Gasteiger partial charge is 0.390 e. The highest BCUT2D eigenvalue weighted by Crippen LogP contribution is 2.48. The fourth-order valence-corrected chi connectivity index (χ4v) is 2.49. The fourth-order valence-electron chi connectivity index (χ4n) is 2.21. The summed E-state index contributed by atoms with van der Waals surface area (Å²) >= 11 is 3.41. The summed E-state index contributed by atoms with van der Waals surface area (Å²) in [6.07, 6.45) is 4.02. The van der Waals surface area contributed by atoms with Crippen molar-refractivity contribution < 1.29 is 5.11 Å². The summed E-state index contributed by atoms with van der Waals surface area (Å²) in [4.78, 5) is 0. The molecule has 2 atom stereocenters. The standard InChI is InChI=1S/C13H17BrO/c14-8-4-7-13(15)10-12(13)9-11-5-2-1-3-6-11/h1-3,5-6,12,15H,4,7-10H2/t12-,13-/m1/s1. The van der Waals surface area contributed by atoms with Gasteiger partial charge in [0.05, 0.1) is 5.60 Å². The van der Waals surface area contributed by atoms with Crippen molar-refractivity contribution in [3.8, 4) is 0 Å².